The minimum absolute atomic E-state index is 0.177. The van der Waals surface area contributed by atoms with Crippen molar-refractivity contribution in [3.8, 4) is 0 Å². The third-order valence-corrected chi connectivity index (χ3v) is 3.77. The van der Waals surface area contributed by atoms with Gasteiger partial charge in [-0.2, -0.15) is 0 Å². The van der Waals surface area contributed by atoms with Crippen molar-refractivity contribution in [2.24, 2.45) is 5.92 Å². The number of carbonyl (C=O) groups is 1. The first-order valence-corrected chi connectivity index (χ1v) is 8.41. The number of likely N-dealkylation sites (tertiary alicyclic amines) is 1. The maximum absolute atomic E-state index is 12.1. The number of piperidine rings is 1. The molecule has 0 radical (unpaired) electrons. The summed E-state index contributed by atoms with van der Waals surface area (Å²) in [6, 6.07) is 0.907. The second kappa shape index (κ2) is 8.02. The van der Waals surface area contributed by atoms with E-state index in [0.29, 0.717) is 12.1 Å². The van der Waals surface area contributed by atoms with Crippen molar-refractivity contribution in [1.29, 1.82) is 0 Å². The van der Waals surface area contributed by atoms with Gasteiger partial charge in [-0.05, 0) is 59.3 Å². The SMILES string of the molecule is CC(C)CCC(C)NC1CCCN(C(=O)OC(C)(C)C)C1. The molecule has 1 heterocycles. The van der Waals surface area contributed by atoms with Gasteiger partial charge in [0.05, 0.1) is 0 Å². The van der Waals surface area contributed by atoms with E-state index in [0.717, 1.165) is 31.8 Å². The Morgan fingerprint density at radius 3 is 2.52 bits per heavy atom. The summed E-state index contributed by atoms with van der Waals surface area (Å²) in [5.74, 6) is 0.749. The fourth-order valence-corrected chi connectivity index (χ4v) is 2.67. The van der Waals surface area contributed by atoms with E-state index in [1.165, 1.54) is 12.8 Å². The molecule has 0 aromatic rings. The molecular weight excluding hydrogens is 264 g/mol. The lowest BCUT2D eigenvalue weighted by atomic mass is 10.0. The molecule has 1 rings (SSSR count). The Bertz CT molecular complexity index is 323. The Balaban J connectivity index is 2.39. The molecule has 21 heavy (non-hydrogen) atoms. The van der Waals surface area contributed by atoms with Crippen LogP contribution < -0.4 is 5.32 Å². The van der Waals surface area contributed by atoms with Crippen molar-refractivity contribution >= 4 is 6.09 Å². The normalized spacial score (nSPS) is 21.5. The number of hydrogen-bond donors (Lipinski definition) is 1. The molecule has 1 aliphatic heterocycles. The predicted molar refractivity (Wildman–Crippen MR) is 87.5 cm³/mol. The predicted octanol–water partition coefficient (Wildman–Crippen LogP) is 3.80. The van der Waals surface area contributed by atoms with E-state index < -0.39 is 5.60 Å². The van der Waals surface area contributed by atoms with E-state index in [1.54, 1.807) is 0 Å². The highest BCUT2D eigenvalue weighted by molar-refractivity contribution is 5.68. The molecule has 4 heteroatoms. The number of carbonyl (C=O) groups excluding carboxylic acids is 1. The van der Waals surface area contributed by atoms with E-state index in [1.807, 2.05) is 25.7 Å². The van der Waals surface area contributed by atoms with Gasteiger partial charge in [-0.1, -0.05) is 13.8 Å². The first kappa shape index (κ1) is 18.3. The Labute approximate surface area is 130 Å². The minimum Gasteiger partial charge on any atom is -0.444 e. The van der Waals surface area contributed by atoms with Crippen LogP contribution in [0.5, 0.6) is 0 Å². The van der Waals surface area contributed by atoms with Crippen LogP contribution in [0, 0.1) is 5.92 Å². The third-order valence-electron chi connectivity index (χ3n) is 3.77. The van der Waals surface area contributed by atoms with Crippen molar-refractivity contribution in [1.82, 2.24) is 10.2 Å². The van der Waals surface area contributed by atoms with Crippen molar-refractivity contribution in [2.45, 2.75) is 84.9 Å². The highest BCUT2D eigenvalue weighted by Crippen LogP contribution is 2.16. The summed E-state index contributed by atoms with van der Waals surface area (Å²) in [5.41, 5.74) is -0.415. The van der Waals surface area contributed by atoms with Crippen LogP contribution in [0.2, 0.25) is 0 Å². The zero-order valence-corrected chi connectivity index (χ0v) is 14.7. The average molecular weight is 298 g/mol. The fraction of sp³-hybridized carbons (Fsp3) is 0.941. The molecule has 2 unspecified atom stereocenters. The average Bonchev–Trinajstić information content (AvgIpc) is 2.34. The first-order valence-electron chi connectivity index (χ1n) is 8.41. The topological polar surface area (TPSA) is 41.6 Å². The van der Waals surface area contributed by atoms with Gasteiger partial charge < -0.3 is 15.0 Å². The zero-order valence-electron chi connectivity index (χ0n) is 14.7. The van der Waals surface area contributed by atoms with E-state index >= 15 is 0 Å². The summed E-state index contributed by atoms with van der Waals surface area (Å²) in [6.45, 7) is 14.1. The minimum atomic E-state index is -0.415. The molecular formula is C17H34N2O2. The summed E-state index contributed by atoms with van der Waals surface area (Å²) in [7, 11) is 0. The van der Waals surface area contributed by atoms with E-state index in [-0.39, 0.29) is 6.09 Å². The van der Waals surface area contributed by atoms with Gasteiger partial charge in [0, 0.05) is 25.2 Å². The molecule has 0 aromatic carbocycles. The Hall–Kier alpha value is -0.770. The van der Waals surface area contributed by atoms with Gasteiger partial charge in [-0.25, -0.2) is 4.79 Å². The van der Waals surface area contributed by atoms with Gasteiger partial charge in [-0.15, -0.1) is 0 Å². The summed E-state index contributed by atoms with van der Waals surface area (Å²) in [5, 5.41) is 3.67. The molecule has 1 amide bonds. The van der Waals surface area contributed by atoms with Crippen LogP contribution >= 0.6 is 0 Å². The molecule has 1 fully saturated rings. The summed E-state index contributed by atoms with van der Waals surface area (Å²) >= 11 is 0. The zero-order chi connectivity index (χ0) is 16.0. The number of amides is 1. The monoisotopic (exact) mass is 298 g/mol. The lowest BCUT2D eigenvalue weighted by Gasteiger charge is -2.35. The van der Waals surface area contributed by atoms with Crippen molar-refractivity contribution in [3.63, 3.8) is 0 Å². The van der Waals surface area contributed by atoms with Crippen molar-refractivity contribution in [2.75, 3.05) is 13.1 Å². The number of ether oxygens (including phenoxy) is 1. The molecule has 4 nitrogen and oxygen atoms in total. The lowest BCUT2D eigenvalue weighted by Crippen LogP contribution is -2.51. The molecule has 0 aromatic heterocycles. The van der Waals surface area contributed by atoms with E-state index in [4.69, 9.17) is 4.74 Å². The Morgan fingerprint density at radius 1 is 1.29 bits per heavy atom. The molecule has 0 bridgehead atoms. The molecule has 0 aliphatic carbocycles. The fourth-order valence-electron chi connectivity index (χ4n) is 2.67. The van der Waals surface area contributed by atoms with Gasteiger partial charge >= 0.3 is 6.09 Å². The van der Waals surface area contributed by atoms with Crippen LogP contribution in [0.15, 0.2) is 0 Å². The van der Waals surface area contributed by atoms with Crippen LogP contribution in [-0.4, -0.2) is 41.8 Å². The number of hydrogen-bond acceptors (Lipinski definition) is 3. The highest BCUT2D eigenvalue weighted by Gasteiger charge is 2.27. The molecule has 1 saturated heterocycles. The van der Waals surface area contributed by atoms with Gasteiger partial charge in [0.25, 0.3) is 0 Å². The Morgan fingerprint density at radius 2 is 1.95 bits per heavy atom. The second-order valence-corrected chi connectivity index (χ2v) is 7.80. The summed E-state index contributed by atoms with van der Waals surface area (Å²) in [4.78, 5) is 14.0. The van der Waals surface area contributed by atoms with Crippen molar-refractivity contribution < 1.29 is 9.53 Å². The Kier molecular flexibility index (Phi) is 6.98. The lowest BCUT2D eigenvalue weighted by molar-refractivity contribution is 0.0183. The smallest absolute Gasteiger partial charge is 0.410 e. The van der Waals surface area contributed by atoms with E-state index in [2.05, 4.69) is 26.1 Å². The molecule has 1 N–H and O–H groups in total. The molecule has 0 saturated carbocycles. The maximum Gasteiger partial charge on any atom is 0.410 e. The third kappa shape index (κ3) is 7.70. The van der Waals surface area contributed by atoms with Crippen LogP contribution in [-0.2, 0) is 4.74 Å². The standard InChI is InChI=1S/C17H34N2O2/c1-13(2)9-10-14(3)18-15-8-7-11-19(12-15)16(20)21-17(4,5)6/h13-15,18H,7-12H2,1-6H3. The van der Waals surface area contributed by atoms with Crippen LogP contribution in [0.25, 0.3) is 0 Å². The largest absolute Gasteiger partial charge is 0.444 e. The highest BCUT2D eigenvalue weighted by atomic mass is 16.6. The van der Waals surface area contributed by atoms with Gasteiger partial charge in [0.15, 0.2) is 0 Å². The van der Waals surface area contributed by atoms with Gasteiger partial charge in [0.1, 0.15) is 5.60 Å². The van der Waals surface area contributed by atoms with Crippen LogP contribution in [0.4, 0.5) is 4.79 Å². The number of nitrogens with one attached hydrogen (secondary N) is 1. The number of nitrogens with zero attached hydrogens (tertiary/aromatic N) is 1. The van der Waals surface area contributed by atoms with Gasteiger partial charge in [0.2, 0.25) is 0 Å². The molecule has 1 aliphatic rings. The number of rotatable bonds is 5. The quantitative estimate of drug-likeness (QED) is 0.839. The summed E-state index contributed by atoms with van der Waals surface area (Å²) < 4.78 is 5.47. The molecule has 124 valence electrons. The van der Waals surface area contributed by atoms with Crippen molar-refractivity contribution in [3.05, 3.63) is 0 Å². The maximum atomic E-state index is 12.1. The van der Waals surface area contributed by atoms with Gasteiger partial charge in [-0.3, -0.25) is 0 Å². The van der Waals surface area contributed by atoms with Crippen LogP contribution in [0.1, 0.15) is 67.2 Å². The first-order chi connectivity index (χ1) is 9.67. The summed E-state index contributed by atoms with van der Waals surface area (Å²) in [6.07, 6.45) is 4.46. The molecule has 2 atom stereocenters. The van der Waals surface area contributed by atoms with E-state index in [9.17, 15) is 4.79 Å². The second-order valence-electron chi connectivity index (χ2n) is 7.80. The molecule has 0 spiro atoms. The van der Waals surface area contributed by atoms with Crippen LogP contribution in [0.3, 0.4) is 0 Å².